The summed E-state index contributed by atoms with van der Waals surface area (Å²) in [4.78, 5) is 91.0. The van der Waals surface area contributed by atoms with E-state index in [4.69, 9.17) is 14.2 Å². The summed E-state index contributed by atoms with van der Waals surface area (Å²) in [7, 11) is 3.91. The Labute approximate surface area is 475 Å². The SMILES string of the molecule is Cc1ncsc1-c1ccc(CNC(=O)C2[C@@H](O)CCN2C(=O)C(NC(=O)C2(F)CC2)C(C)(C)C)c(OCCOCCOCCNC(=O)c2ccc(C(=O)Nc3n[nH]c4c3CN(C(=O)N[C@H](CN(C)C)c3ccccc3)C4(C)C)cc2)c1. The second-order valence-corrected chi connectivity index (χ2v) is 23.3. The van der Waals surface area contributed by atoms with Crippen LogP contribution in [0.25, 0.3) is 10.4 Å². The van der Waals surface area contributed by atoms with E-state index < -0.39 is 58.4 Å². The molecule has 21 nitrogen and oxygen atoms in total. The lowest BCUT2D eigenvalue weighted by molar-refractivity contribution is -0.146. The number of nitrogens with one attached hydrogen (secondary N) is 6. The number of alkyl halides is 1. The summed E-state index contributed by atoms with van der Waals surface area (Å²) in [6, 6.07) is 18.8. The summed E-state index contributed by atoms with van der Waals surface area (Å²) in [5, 5.41) is 32.7. The highest BCUT2D eigenvalue weighted by Gasteiger charge is 2.54. The second kappa shape index (κ2) is 25.6. The number of H-pyrrole nitrogens is 1. The van der Waals surface area contributed by atoms with E-state index in [1.807, 2.05) is 88.3 Å². The molecule has 0 bridgehead atoms. The van der Waals surface area contributed by atoms with Crippen LogP contribution in [0.5, 0.6) is 5.75 Å². The Bertz CT molecular complexity index is 3050. The lowest BCUT2D eigenvalue weighted by Crippen LogP contribution is -2.60. The number of aromatic amines is 1. The van der Waals surface area contributed by atoms with Crippen molar-refractivity contribution in [2.24, 2.45) is 5.41 Å². The molecule has 2 aliphatic heterocycles. The molecule has 8 rings (SSSR count). The van der Waals surface area contributed by atoms with Crippen molar-refractivity contribution in [2.75, 3.05) is 72.1 Å². The van der Waals surface area contributed by atoms with Gasteiger partial charge in [-0.15, -0.1) is 11.3 Å². The predicted molar refractivity (Wildman–Crippen MR) is 302 cm³/mol. The van der Waals surface area contributed by atoms with Crippen molar-refractivity contribution in [1.82, 2.24) is 51.1 Å². The number of carbonyl (C=O) groups is 6. The van der Waals surface area contributed by atoms with Gasteiger partial charge in [0.05, 0.1) is 72.4 Å². The first kappa shape index (κ1) is 59.8. The van der Waals surface area contributed by atoms with Crippen molar-refractivity contribution < 1.29 is 52.5 Å². The number of ether oxygens (including phenoxy) is 3. The normalized spacial score (nSPS) is 17.7. The molecule has 4 heterocycles. The number of carbonyl (C=O) groups excluding carboxylic acids is 6. The van der Waals surface area contributed by atoms with Crippen molar-refractivity contribution in [3.63, 3.8) is 0 Å². The number of likely N-dealkylation sites (tertiary alicyclic amines) is 1. The third-order valence-electron chi connectivity index (χ3n) is 14.7. The molecule has 434 valence electrons. The van der Waals surface area contributed by atoms with Crippen molar-refractivity contribution in [2.45, 2.75) is 109 Å². The predicted octanol–water partition coefficient (Wildman–Crippen LogP) is 5.61. The standard InChI is InChI=1S/C58H74FN11O10S/c1-35-46(81-34-62-35)39-18-19-40(31-61-52(74)45-43(71)20-24-69(45)53(75)48(56(2,3)4)64-54(76)58(59)21-22-58)44(30-39)80-29-28-79-27-26-78-25-23-60-50(72)37-14-16-38(17-15-37)51(73)65-49-41-32-70(57(5,6)47(41)66-67-49)55(77)63-42(33-68(7)8)36-12-10-9-11-13-36/h9-19,30,34,42-43,45,48,71H,20-29,31-33H2,1-8H3,(H,60,72)(H,61,74)(H,63,77)(H,64,76)(H2,65,66,67,73)/t42-,43+,45?,48?/m1/s1. The largest absolute Gasteiger partial charge is 0.491 e. The molecule has 7 amide bonds. The van der Waals surface area contributed by atoms with E-state index in [0.717, 1.165) is 27.4 Å². The molecule has 81 heavy (non-hydrogen) atoms. The zero-order chi connectivity index (χ0) is 58.2. The van der Waals surface area contributed by atoms with Gasteiger partial charge in [-0.3, -0.25) is 29.1 Å². The number of likely N-dealkylation sites (N-methyl/N-ethyl adjacent to an activating group) is 1. The number of aliphatic hydroxyl groups excluding tert-OH is 1. The highest BCUT2D eigenvalue weighted by Crippen LogP contribution is 2.42. The van der Waals surface area contributed by atoms with Gasteiger partial charge in [0.15, 0.2) is 11.5 Å². The van der Waals surface area contributed by atoms with Gasteiger partial charge in [-0.25, -0.2) is 14.2 Å². The molecule has 3 aliphatic rings. The third kappa shape index (κ3) is 14.4. The Kier molecular flexibility index (Phi) is 18.9. The fourth-order valence-electron chi connectivity index (χ4n) is 9.87. The fraction of sp³-hybridized carbons (Fsp3) is 0.483. The number of aromatic nitrogens is 3. The van der Waals surface area contributed by atoms with Gasteiger partial charge < -0.3 is 60.6 Å². The highest BCUT2D eigenvalue weighted by atomic mass is 32.1. The fourth-order valence-corrected chi connectivity index (χ4v) is 10.7. The number of halogens is 1. The van der Waals surface area contributed by atoms with Gasteiger partial charge >= 0.3 is 6.03 Å². The van der Waals surface area contributed by atoms with Gasteiger partial charge in [-0.2, -0.15) is 5.10 Å². The van der Waals surface area contributed by atoms with Crippen LogP contribution < -0.4 is 31.3 Å². The van der Waals surface area contributed by atoms with Crippen LogP contribution in [-0.2, 0) is 42.5 Å². The first-order chi connectivity index (χ1) is 38.5. The number of nitrogens with zero attached hydrogens (tertiary/aromatic N) is 5. The number of aliphatic hydroxyl groups is 1. The number of hydrogen-bond donors (Lipinski definition) is 7. The van der Waals surface area contributed by atoms with Gasteiger partial charge in [0, 0.05) is 48.4 Å². The maximum absolute atomic E-state index is 14.7. The molecule has 7 N–H and O–H groups in total. The minimum absolute atomic E-state index is 0.00421. The molecule has 5 aromatic rings. The summed E-state index contributed by atoms with van der Waals surface area (Å²) in [6.45, 7) is 13.2. The van der Waals surface area contributed by atoms with Crippen LogP contribution in [0.1, 0.15) is 109 Å². The summed E-state index contributed by atoms with van der Waals surface area (Å²) < 4.78 is 32.3. The maximum Gasteiger partial charge on any atom is 0.319 e. The maximum atomic E-state index is 14.7. The van der Waals surface area contributed by atoms with E-state index in [-0.39, 0.29) is 96.5 Å². The van der Waals surface area contributed by atoms with Crippen LogP contribution in [0.2, 0.25) is 0 Å². The monoisotopic (exact) mass is 1140 g/mol. The van der Waals surface area contributed by atoms with Crippen LogP contribution in [0, 0.1) is 12.3 Å². The van der Waals surface area contributed by atoms with Crippen LogP contribution in [-0.4, -0.2) is 161 Å². The van der Waals surface area contributed by atoms with Gasteiger partial charge in [0.25, 0.3) is 17.7 Å². The summed E-state index contributed by atoms with van der Waals surface area (Å²) >= 11 is 1.48. The third-order valence-corrected chi connectivity index (χ3v) is 15.7. The van der Waals surface area contributed by atoms with E-state index in [2.05, 4.69) is 41.8 Å². The summed E-state index contributed by atoms with van der Waals surface area (Å²) in [5.74, 6) is -1.97. The lowest BCUT2D eigenvalue weighted by atomic mass is 9.85. The van der Waals surface area contributed by atoms with Gasteiger partial charge in [-0.1, -0.05) is 63.2 Å². The number of aryl methyl sites for hydroxylation is 1. The Hall–Kier alpha value is -7.31. The van der Waals surface area contributed by atoms with Gasteiger partial charge in [0.2, 0.25) is 11.8 Å². The minimum Gasteiger partial charge on any atom is -0.491 e. The molecule has 2 unspecified atom stereocenters. The van der Waals surface area contributed by atoms with Crippen LogP contribution in [0.15, 0.2) is 78.3 Å². The van der Waals surface area contributed by atoms with Crippen molar-refractivity contribution in [3.8, 4) is 16.2 Å². The molecule has 23 heteroatoms. The molecule has 0 spiro atoms. The van der Waals surface area contributed by atoms with Crippen LogP contribution >= 0.6 is 11.3 Å². The first-order valence-corrected chi connectivity index (χ1v) is 28.1. The number of rotatable bonds is 24. The smallest absolute Gasteiger partial charge is 0.319 e. The second-order valence-electron chi connectivity index (χ2n) is 22.5. The molecule has 2 fully saturated rings. The molecular weight excluding hydrogens is 1060 g/mol. The number of amides is 7. The number of benzene rings is 3. The van der Waals surface area contributed by atoms with E-state index in [1.165, 1.54) is 16.2 Å². The van der Waals surface area contributed by atoms with Crippen molar-refractivity contribution in [1.29, 1.82) is 0 Å². The molecular formula is C58H74FN11O10S. The van der Waals surface area contributed by atoms with Crippen molar-refractivity contribution in [3.05, 3.63) is 118 Å². The molecule has 4 atom stereocenters. The summed E-state index contributed by atoms with van der Waals surface area (Å²) in [6.07, 6.45) is -0.831. The quantitative estimate of drug-likeness (QED) is 0.0371. The number of anilines is 1. The molecule has 3 aromatic carbocycles. The average molecular weight is 1140 g/mol. The molecule has 1 aliphatic carbocycles. The van der Waals surface area contributed by atoms with Crippen molar-refractivity contribution >= 4 is 52.7 Å². The van der Waals surface area contributed by atoms with E-state index in [9.17, 15) is 38.3 Å². The zero-order valence-corrected chi connectivity index (χ0v) is 48.0. The van der Waals surface area contributed by atoms with E-state index in [1.54, 1.807) is 55.4 Å². The van der Waals surface area contributed by atoms with Crippen LogP contribution in [0.3, 0.4) is 0 Å². The minimum atomic E-state index is -1.99. The van der Waals surface area contributed by atoms with Gasteiger partial charge in [-0.05, 0) is 101 Å². The Balaban J connectivity index is 0.756. The Morgan fingerprint density at radius 2 is 1.58 bits per heavy atom. The van der Waals surface area contributed by atoms with Crippen LogP contribution in [0.4, 0.5) is 15.0 Å². The highest BCUT2D eigenvalue weighted by molar-refractivity contribution is 7.13. The number of fused-ring (bicyclic) bond motifs is 1. The lowest BCUT2D eigenvalue weighted by Gasteiger charge is -2.36. The molecule has 1 saturated carbocycles. The molecule has 2 aromatic heterocycles. The average Bonchev–Trinajstić information content (AvgIpc) is 3.39. The van der Waals surface area contributed by atoms with E-state index >= 15 is 0 Å². The Morgan fingerprint density at radius 1 is 0.901 bits per heavy atom. The topological polar surface area (TPSA) is 262 Å². The van der Waals surface area contributed by atoms with Gasteiger partial charge in [0.1, 0.15) is 24.4 Å². The molecule has 0 radical (unpaired) electrons. The Morgan fingerprint density at radius 3 is 2.23 bits per heavy atom. The number of urea groups is 1. The zero-order valence-electron chi connectivity index (χ0n) is 47.2. The number of hydrogen-bond acceptors (Lipinski definition) is 14. The molecule has 1 saturated heterocycles. The summed E-state index contributed by atoms with van der Waals surface area (Å²) in [5.41, 5.74) is 3.65. The van der Waals surface area contributed by atoms with E-state index in [0.29, 0.717) is 40.4 Å². The first-order valence-electron chi connectivity index (χ1n) is 27.2. The number of thiazole rings is 1.